The highest BCUT2D eigenvalue weighted by atomic mass is 35.5. The van der Waals surface area contributed by atoms with Gasteiger partial charge in [0.1, 0.15) is 5.15 Å². The Morgan fingerprint density at radius 2 is 1.76 bits per heavy atom. The third-order valence-electron chi connectivity index (χ3n) is 4.56. The number of piperazine rings is 1. The number of nitrogens with zero attached hydrogens (tertiary/aromatic N) is 5. The summed E-state index contributed by atoms with van der Waals surface area (Å²) in [6, 6.07) is 10.1. The maximum Gasteiger partial charge on any atom is 0.223 e. The number of hydrogen-bond donors (Lipinski definition) is 0. The predicted octanol–water partition coefficient (Wildman–Crippen LogP) is 2.90. The average Bonchev–Trinajstić information content (AvgIpc) is 3.01. The number of para-hydroxylation sites is 1. The van der Waals surface area contributed by atoms with Crippen LogP contribution in [-0.4, -0.2) is 51.1 Å². The van der Waals surface area contributed by atoms with Crippen LogP contribution in [0.5, 0.6) is 0 Å². The zero-order valence-corrected chi connectivity index (χ0v) is 14.9. The van der Waals surface area contributed by atoms with Crippen LogP contribution in [0.4, 0.5) is 0 Å². The van der Waals surface area contributed by atoms with Gasteiger partial charge in [0, 0.05) is 45.0 Å². The van der Waals surface area contributed by atoms with E-state index in [0.717, 1.165) is 50.6 Å². The van der Waals surface area contributed by atoms with Crippen molar-refractivity contribution in [3.8, 4) is 0 Å². The maximum atomic E-state index is 6.20. The number of fused-ring (bicyclic) bond motifs is 1. The van der Waals surface area contributed by atoms with E-state index in [9.17, 15) is 0 Å². The molecule has 0 radical (unpaired) electrons. The summed E-state index contributed by atoms with van der Waals surface area (Å²) in [5.41, 5.74) is 2.19. The summed E-state index contributed by atoms with van der Waals surface area (Å²) in [4.78, 5) is 13.5. The summed E-state index contributed by atoms with van der Waals surface area (Å²) < 4.78 is 5.04. The highest BCUT2D eigenvalue weighted by molar-refractivity contribution is 6.29. The Hall–Kier alpha value is -2.02. The zero-order valence-electron chi connectivity index (χ0n) is 14.2. The Bertz CT molecular complexity index is 873. The summed E-state index contributed by atoms with van der Waals surface area (Å²) in [6.07, 6.45) is 0. The number of hydrogen-bond acceptors (Lipinski definition) is 6. The lowest BCUT2D eigenvalue weighted by atomic mass is 10.1. The molecular weight excluding hydrogens is 338 g/mol. The number of aryl methyl sites for hydroxylation is 1. The number of rotatable bonds is 4. The Kier molecular flexibility index (Phi) is 4.65. The first-order valence-corrected chi connectivity index (χ1v) is 8.83. The number of pyridine rings is 1. The Morgan fingerprint density at radius 3 is 2.48 bits per heavy atom. The largest absolute Gasteiger partial charge is 0.340 e. The second-order valence-electron chi connectivity index (χ2n) is 6.40. The molecular formula is C18H20ClN5O. The molecule has 3 aromatic rings. The highest BCUT2D eigenvalue weighted by Gasteiger charge is 2.19. The normalized spacial score (nSPS) is 16.6. The second-order valence-corrected chi connectivity index (χ2v) is 6.79. The molecule has 0 atom stereocenters. The van der Waals surface area contributed by atoms with Gasteiger partial charge in [-0.1, -0.05) is 35.0 Å². The molecule has 0 bridgehead atoms. The van der Waals surface area contributed by atoms with Gasteiger partial charge in [0.15, 0.2) is 5.82 Å². The van der Waals surface area contributed by atoms with Crippen LogP contribution in [0.3, 0.4) is 0 Å². The third-order valence-corrected chi connectivity index (χ3v) is 4.76. The molecule has 0 unspecified atom stereocenters. The van der Waals surface area contributed by atoms with Crippen LogP contribution >= 0.6 is 11.6 Å². The Labute approximate surface area is 151 Å². The van der Waals surface area contributed by atoms with Gasteiger partial charge < -0.3 is 4.52 Å². The Morgan fingerprint density at radius 1 is 1.04 bits per heavy atom. The first kappa shape index (κ1) is 16.4. The van der Waals surface area contributed by atoms with Crippen LogP contribution in [0, 0.1) is 6.92 Å². The topological polar surface area (TPSA) is 58.3 Å². The van der Waals surface area contributed by atoms with E-state index in [4.69, 9.17) is 16.1 Å². The quantitative estimate of drug-likeness (QED) is 0.669. The standard InChI is InChI=1S/C18H20ClN5O/c1-13-20-18(22-25-13)12-24-8-6-23(7-9-24)11-14-10-17(19)21-16-5-3-2-4-15(14)16/h2-5,10H,6-9,11-12H2,1H3. The SMILES string of the molecule is Cc1nc(CN2CCN(Cc3cc(Cl)nc4ccccc34)CC2)no1. The van der Waals surface area contributed by atoms with Gasteiger partial charge in [0.05, 0.1) is 12.1 Å². The minimum absolute atomic E-state index is 0.555. The van der Waals surface area contributed by atoms with Crippen LogP contribution in [0.1, 0.15) is 17.3 Å². The second kappa shape index (κ2) is 7.07. The minimum Gasteiger partial charge on any atom is -0.340 e. The van der Waals surface area contributed by atoms with E-state index in [0.29, 0.717) is 11.0 Å². The average molecular weight is 358 g/mol. The summed E-state index contributed by atoms with van der Waals surface area (Å²) in [6.45, 7) is 7.44. The molecule has 2 aromatic heterocycles. The van der Waals surface area contributed by atoms with Crippen LogP contribution in [0.2, 0.25) is 5.15 Å². The molecule has 130 valence electrons. The van der Waals surface area contributed by atoms with Gasteiger partial charge in [0.25, 0.3) is 0 Å². The molecule has 0 aliphatic carbocycles. The first-order valence-electron chi connectivity index (χ1n) is 8.45. The van der Waals surface area contributed by atoms with Gasteiger partial charge >= 0.3 is 0 Å². The minimum atomic E-state index is 0.555. The lowest BCUT2D eigenvalue weighted by molar-refractivity contribution is 0.119. The third kappa shape index (κ3) is 3.81. The van der Waals surface area contributed by atoms with E-state index in [2.05, 4.69) is 31.0 Å². The molecule has 6 nitrogen and oxygen atoms in total. The molecule has 0 N–H and O–H groups in total. The highest BCUT2D eigenvalue weighted by Crippen LogP contribution is 2.22. The van der Waals surface area contributed by atoms with Gasteiger partial charge in [0.2, 0.25) is 5.89 Å². The molecule has 0 saturated carbocycles. The van der Waals surface area contributed by atoms with Crippen molar-refractivity contribution >= 4 is 22.5 Å². The van der Waals surface area contributed by atoms with E-state index >= 15 is 0 Å². The molecule has 1 aliphatic rings. The molecule has 7 heteroatoms. The summed E-state index contributed by atoms with van der Waals surface area (Å²) in [5.74, 6) is 1.38. The van der Waals surface area contributed by atoms with Crippen molar-refractivity contribution in [3.63, 3.8) is 0 Å². The van der Waals surface area contributed by atoms with E-state index in [-0.39, 0.29) is 0 Å². The number of aromatic nitrogens is 3. The van der Waals surface area contributed by atoms with Crippen LogP contribution in [0.25, 0.3) is 10.9 Å². The van der Waals surface area contributed by atoms with Crippen LogP contribution in [0.15, 0.2) is 34.9 Å². The van der Waals surface area contributed by atoms with Gasteiger partial charge in [-0.15, -0.1) is 0 Å². The monoisotopic (exact) mass is 357 g/mol. The first-order chi connectivity index (χ1) is 12.2. The van der Waals surface area contributed by atoms with E-state index < -0.39 is 0 Å². The molecule has 0 spiro atoms. The van der Waals surface area contributed by atoms with E-state index in [1.165, 1.54) is 10.9 Å². The molecule has 25 heavy (non-hydrogen) atoms. The fourth-order valence-corrected chi connectivity index (χ4v) is 3.52. The summed E-state index contributed by atoms with van der Waals surface area (Å²) in [7, 11) is 0. The van der Waals surface area contributed by atoms with E-state index in [1.807, 2.05) is 31.2 Å². The molecule has 1 saturated heterocycles. The predicted molar refractivity (Wildman–Crippen MR) is 96.3 cm³/mol. The fraction of sp³-hybridized carbons (Fsp3) is 0.389. The van der Waals surface area contributed by atoms with Crippen LogP contribution in [-0.2, 0) is 13.1 Å². The molecule has 1 fully saturated rings. The van der Waals surface area contributed by atoms with Crippen molar-refractivity contribution < 1.29 is 4.52 Å². The van der Waals surface area contributed by atoms with E-state index in [1.54, 1.807) is 0 Å². The number of halogens is 1. The van der Waals surface area contributed by atoms with Gasteiger partial charge in [-0.25, -0.2) is 4.98 Å². The van der Waals surface area contributed by atoms with Crippen LogP contribution < -0.4 is 0 Å². The van der Waals surface area contributed by atoms with Gasteiger partial charge in [-0.2, -0.15) is 4.98 Å². The van der Waals surface area contributed by atoms with Crippen molar-refractivity contribution in [2.24, 2.45) is 0 Å². The number of benzene rings is 1. The Balaban J connectivity index is 1.40. The fourth-order valence-electron chi connectivity index (χ4n) is 3.29. The molecule has 1 aromatic carbocycles. The lowest BCUT2D eigenvalue weighted by Crippen LogP contribution is -2.45. The van der Waals surface area contributed by atoms with Crippen molar-refractivity contribution in [1.29, 1.82) is 0 Å². The molecule has 3 heterocycles. The van der Waals surface area contributed by atoms with Crippen molar-refractivity contribution in [3.05, 3.63) is 52.8 Å². The zero-order chi connectivity index (χ0) is 17.2. The maximum absolute atomic E-state index is 6.20. The van der Waals surface area contributed by atoms with Gasteiger partial charge in [-0.3, -0.25) is 9.80 Å². The lowest BCUT2D eigenvalue weighted by Gasteiger charge is -2.34. The molecule has 0 amide bonds. The van der Waals surface area contributed by atoms with Crippen molar-refractivity contribution in [2.75, 3.05) is 26.2 Å². The van der Waals surface area contributed by atoms with Crippen molar-refractivity contribution in [2.45, 2.75) is 20.0 Å². The summed E-state index contributed by atoms with van der Waals surface area (Å²) in [5, 5.41) is 5.71. The molecule has 1 aliphatic heterocycles. The van der Waals surface area contributed by atoms with Gasteiger partial charge in [-0.05, 0) is 17.7 Å². The smallest absolute Gasteiger partial charge is 0.223 e. The van der Waals surface area contributed by atoms with Crippen molar-refractivity contribution in [1.82, 2.24) is 24.9 Å². The summed E-state index contributed by atoms with van der Waals surface area (Å²) >= 11 is 6.20. The molecule has 4 rings (SSSR count).